The molecule has 1 aromatic heterocycles. The van der Waals surface area contributed by atoms with Gasteiger partial charge in [0, 0.05) is 17.0 Å². The number of carbonyl (C=O) groups excluding carboxylic acids is 2. The van der Waals surface area contributed by atoms with Crippen molar-refractivity contribution in [3.05, 3.63) is 82.0 Å². The van der Waals surface area contributed by atoms with Gasteiger partial charge in [0.1, 0.15) is 11.5 Å². The molecular formula is C30H28N4O6S. The molecule has 0 bridgehead atoms. The molecule has 10 nitrogen and oxygen atoms in total. The number of amides is 1. The van der Waals surface area contributed by atoms with Crippen LogP contribution in [-0.4, -0.2) is 49.6 Å². The zero-order valence-corrected chi connectivity index (χ0v) is 23.7. The van der Waals surface area contributed by atoms with Gasteiger partial charge >= 0.3 is 5.97 Å². The third kappa shape index (κ3) is 6.30. The van der Waals surface area contributed by atoms with E-state index in [9.17, 15) is 9.59 Å². The fraction of sp³-hybridized carbons (Fsp3) is 0.200. The Morgan fingerprint density at radius 1 is 1.05 bits per heavy atom. The molecule has 0 atom stereocenters. The lowest BCUT2D eigenvalue weighted by Crippen LogP contribution is -2.25. The van der Waals surface area contributed by atoms with E-state index in [-0.39, 0.29) is 24.3 Å². The Morgan fingerprint density at radius 3 is 2.59 bits per heavy atom. The molecule has 0 saturated carbocycles. The Balaban J connectivity index is 1.43. The highest BCUT2D eigenvalue weighted by Crippen LogP contribution is 2.33. The summed E-state index contributed by atoms with van der Waals surface area (Å²) in [7, 11) is 3.07. The van der Waals surface area contributed by atoms with Gasteiger partial charge in [0.05, 0.1) is 37.4 Å². The molecule has 0 fully saturated rings. The second kappa shape index (κ2) is 12.1. The number of esters is 1. The largest absolute Gasteiger partial charge is 0.497 e. The Kier molecular flexibility index (Phi) is 8.16. The molecule has 2 heterocycles. The lowest BCUT2D eigenvalue weighted by molar-refractivity contribution is -0.118. The number of nitrogens with one attached hydrogen (secondary N) is 1. The number of benzene rings is 3. The van der Waals surface area contributed by atoms with Crippen LogP contribution in [0.3, 0.4) is 0 Å². The van der Waals surface area contributed by atoms with Gasteiger partial charge in [0.25, 0.3) is 5.91 Å². The van der Waals surface area contributed by atoms with Crippen LogP contribution >= 0.6 is 11.3 Å². The summed E-state index contributed by atoms with van der Waals surface area (Å²) in [5.41, 5.74) is 3.34. The minimum absolute atomic E-state index is 0.00452. The fourth-order valence-electron chi connectivity index (χ4n) is 4.02. The molecule has 1 N–H and O–H groups in total. The molecule has 1 aliphatic rings. The highest BCUT2D eigenvalue weighted by molar-refractivity contribution is 7.07. The molecule has 0 radical (unpaired) electrons. The first-order valence-electron chi connectivity index (χ1n) is 12.7. The topological polar surface area (TPSA) is 113 Å². The minimum atomic E-state index is -0.516. The molecule has 4 aromatic rings. The number of ether oxygens (including phenoxy) is 4. The quantitative estimate of drug-likeness (QED) is 0.181. The van der Waals surface area contributed by atoms with Gasteiger partial charge in [-0.3, -0.25) is 9.79 Å². The lowest BCUT2D eigenvalue weighted by atomic mass is 10.1. The number of anilines is 1. The monoisotopic (exact) mass is 572 g/mol. The first-order valence-corrected chi connectivity index (χ1v) is 13.6. The van der Waals surface area contributed by atoms with Gasteiger partial charge in [-0.1, -0.05) is 0 Å². The molecule has 0 saturated heterocycles. The molecule has 0 unspecified atom stereocenters. The van der Waals surface area contributed by atoms with Crippen molar-refractivity contribution in [2.24, 2.45) is 10.1 Å². The summed E-state index contributed by atoms with van der Waals surface area (Å²) in [4.78, 5) is 29.9. The van der Waals surface area contributed by atoms with Crippen LogP contribution in [0.1, 0.15) is 29.8 Å². The zero-order chi connectivity index (χ0) is 28.9. The highest BCUT2D eigenvalue weighted by atomic mass is 32.1. The predicted octanol–water partition coefficient (Wildman–Crippen LogP) is 4.98. The number of nitrogens with zero attached hydrogens (tertiary/aromatic N) is 3. The smallest absolute Gasteiger partial charge is 0.343 e. The third-order valence-corrected chi connectivity index (χ3v) is 6.83. The maximum Gasteiger partial charge on any atom is 0.343 e. The zero-order valence-electron chi connectivity index (χ0n) is 22.9. The maximum atomic E-state index is 12.7. The molecular weight excluding hydrogens is 544 g/mol. The van der Waals surface area contributed by atoms with Crippen molar-refractivity contribution in [1.29, 1.82) is 0 Å². The second-order valence-electron chi connectivity index (χ2n) is 9.26. The number of thiazole rings is 1. The van der Waals surface area contributed by atoms with Gasteiger partial charge in [-0.05, 0) is 80.1 Å². The van der Waals surface area contributed by atoms with Crippen molar-refractivity contribution in [2.45, 2.75) is 19.9 Å². The molecule has 0 spiro atoms. The number of hydrogen-bond donors (Lipinski definition) is 1. The van der Waals surface area contributed by atoms with E-state index in [1.807, 2.05) is 37.4 Å². The summed E-state index contributed by atoms with van der Waals surface area (Å²) in [6.45, 7) is 3.99. The normalized spacial score (nSPS) is 13.1. The van der Waals surface area contributed by atoms with Crippen LogP contribution < -0.4 is 29.1 Å². The predicted molar refractivity (Wildman–Crippen MR) is 157 cm³/mol. The first kappa shape index (κ1) is 27.7. The minimum Gasteiger partial charge on any atom is -0.497 e. The summed E-state index contributed by atoms with van der Waals surface area (Å²) < 4.78 is 23.5. The van der Waals surface area contributed by atoms with E-state index in [2.05, 4.69) is 5.32 Å². The molecule has 1 aliphatic heterocycles. The van der Waals surface area contributed by atoms with E-state index in [1.54, 1.807) is 60.5 Å². The SMILES string of the molecule is COc1ccc(C(=O)Oc2ccc(C=Nn3c(-c4ccc5c(c4)NC(=O)CO5)csc3=NC(C)C)cc2OC)cc1. The van der Waals surface area contributed by atoms with Crippen LogP contribution in [0.4, 0.5) is 5.69 Å². The first-order chi connectivity index (χ1) is 19.8. The van der Waals surface area contributed by atoms with Crippen molar-refractivity contribution in [3.63, 3.8) is 0 Å². The average Bonchev–Trinajstić information content (AvgIpc) is 3.37. The van der Waals surface area contributed by atoms with Crippen molar-refractivity contribution in [3.8, 4) is 34.3 Å². The number of rotatable bonds is 8. The third-order valence-electron chi connectivity index (χ3n) is 6.00. The second-order valence-corrected chi connectivity index (χ2v) is 10.1. The van der Waals surface area contributed by atoms with E-state index >= 15 is 0 Å². The van der Waals surface area contributed by atoms with Crippen LogP contribution in [0.25, 0.3) is 11.3 Å². The number of carbonyl (C=O) groups is 2. The molecule has 1 amide bonds. The van der Waals surface area contributed by atoms with Crippen LogP contribution in [-0.2, 0) is 4.79 Å². The van der Waals surface area contributed by atoms with Crippen LogP contribution in [0, 0.1) is 0 Å². The standard InChI is InChI=1S/C30H28N4O6S/c1-18(2)32-30-34(24(17-41-30)21-8-12-25-23(14-21)33-28(35)16-39-25)31-15-19-5-11-26(27(13-19)38-4)40-29(36)20-6-9-22(37-3)10-7-20/h5-15,17-18H,16H2,1-4H3,(H,33,35). The number of fused-ring (bicyclic) bond motifs is 1. The molecule has 11 heteroatoms. The Bertz CT molecular complexity index is 1690. The van der Waals surface area contributed by atoms with E-state index < -0.39 is 5.97 Å². The van der Waals surface area contributed by atoms with Gasteiger partial charge in [0.2, 0.25) is 4.80 Å². The molecule has 3 aromatic carbocycles. The van der Waals surface area contributed by atoms with Gasteiger partial charge in [-0.25, -0.2) is 9.47 Å². The molecule has 5 rings (SSSR count). The summed E-state index contributed by atoms with van der Waals surface area (Å²) in [5, 5.41) is 9.55. The van der Waals surface area contributed by atoms with Gasteiger partial charge in [-0.2, -0.15) is 5.10 Å². The molecule has 0 aliphatic carbocycles. The van der Waals surface area contributed by atoms with Gasteiger partial charge < -0.3 is 24.3 Å². The number of methoxy groups -OCH3 is 2. The van der Waals surface area contributed by atoms with Crippen molar-refractivity contribution in [2.75, 3.05) is 26.1 Å². The van der Waals surface area contributed by atoms with Crippen LogP contribution in [0.2, 0.25) is 0 Å². The molecule has 41 heavy (non-hydrogen) atoms. The van der Waals surface area contributed by atoms with E-state index in [0.717, 1.165) is 16.8 Å². The summed E-state index contributed by atoms with van der Waals surface area (Å²) in [6, 6.07) is 17.5. The van der Waals surface area contributed by atoms with Crippen LogP contribution in [0.15, 0.2) is 76.1 Å². The van der Waals surface area contributed by atoms with Gasteiger partial charge in [-0.15, -0.1) is 11.3 Å². The van der Waals surface area contributed by atoms with Crippen molar-refractivity contribution in [1.82, 2.24) is 4.68 Å². The number of aromatic nitrogens is 1. The lowest BCUT2D eigenvalue weighted by Gasteiger charge is -2.18. The van der Waals surface area contributed by atoms with Gasteiger partial charge in [0.15, 0.2) is 18.1 Å². The van der Waals surface area contributed by atoms with E-state index in [4.69, 9.17) is 29.0 Å². The summed E-state index contributed by atoms with van der Waals surface area (Å²) >= 11 is 1.46. The summed E-state index contributed by atoms with van der Waals surface area (Å²) in [6.07, 6.45) is 1.68. The maximum absolute atomic E-state index is 12.7. The average molecular weight is 573 g/mol. The Labute approximate surface area is 240 Å². The number of hydrogen-bond acceptors (Lipinski definition) is 9. The van der Waals surface area contributed by atoms with Crippen LogP contribution in [0.5, 0.6) is 23.0 Å². The Morgan fingerprint density at radius 2 is 1.85 bits per heavy atom. The van der Waals surface area contributed by atoms with E-state index in [1.165, 1.54) is 18.4 Å². The fourth-order valence-corrected chi connectivity index (χ4v) is 4.99. The highest BCUT2D eigenvalue weighted by Gasteiger charge is 2.18. The van der Waals surface area contributed by atoms with Crippen molar-refractivity contribution < 1.29 is 28.5 Å². The molecule has 210 valence electrons. The van der Waals surface area contributed by atoms with E-state index in [0.29, 0.717) is 33.3 Å². The van der Waals surface area contributed by atoms with Crippen molar-refractivity contribution >= 4 is 35.1 Å². The summed E-state index contributed by atoms with van der Waals surface area (Å²) in [5.74, 6) is 1.20. The Hall–Kier alpha value is -4.90.